The van der Waals surface area contributed by atoms with Gasteiger partial charge in [0.15, 0.2) is 0 Å². The molecule has 0 atom stereocenters. The van der Waals surface area contributed by atoms with Gasteiger partial charge in [-0.2, -0.15) is 0 Å². The molecule has 3 nitrogen and oxygen atoms in total. The molecule has 0 aliphatic carbocycles. The van der Waals surface area contributed by atoms with Crippen molar-refractivity contribution in [2.45, 2.75) is 51.6 Å². The first-order valence-corrected chi connectivity index (χ1v) is 6.43. The van der Waals surface area contributed by atoms with Crippen molar-refractivity contribution in [1.29, 1.82) is 0 Å². The maximum Gasteiger partial charge on any atom is 0.0480 e. The summed E-state index contributed by atoms with van der Waals surface area (Å²) in [6, 6.07) is 1.23. The third kappa shape index (κ3) is 4.09. The van der Waals surface area contributed by atoms with Crippen LogP contribution in [0.5, 0.6) is 0 Å². The SMILES string of the molecule is CC.NC1CCN(C2CCOCC2)CC1.[HH]. The lowest BCUT2D eigenvalue weighted by Gasteiger charge is -2.38. The summed E-state index contributed by atoms with van der Waals surface area (Å²) in [7, 11) is 0. The molecular weight excluding hydrogens is 188 g/mol. The zero-order valence-corrected chi connectivity index (χ0v) is 10.2. The molecule has 0 unspecified atom stereocenters. The molecule has 2 fully saturated rings. The maximum atomic E-state index is 5.88. The van der Waals surface area contributed by atoms with Gasteiger partial charge in [0.1, 0.15) is 0 Å². The lowest BCUT2D eigenvalue weighted by Crippen LogP contribution is -2.46. The average molecular weight is 216 g/mol. The van der Waals surface area contributed by atoms with E-state index in [0.717, 1.165) is 19.3 Å². The Labute approximate surface area is 95.4 Å². The quantitative estimate of drug-likeness (QED) is 0.727. The van der Waals surface area contributed by atoms with E-state index < -0.39 is 0 Å². The van der Waals surface area contributed by atoms with Gasteiger partial charge < -0.3 is 15.4 Å². The monoisotopic (exact) mass is 216 g/mol. The van der Waals surface area contributed by atoms with Crippen LogP contribution in [0.3, 0.4) is 0 Å². The molecule has 3 heteroatoms. The van der Waals surface area contributed by atoms with Gasteiger partial charge >= 0.3 is 0 Å². The molecule has 0 spiro atoms. The summed E-state index contributed by atoms with van der Waals surface area (Å²) in [4.78, 5) is 2.60. The van der Waals surface area contributed by atoms with Crippen LogP contribution in [0.4, 0.5) is 0 Å². The Bertz CT molecular complexity index is 155. The van der Waals surface area contributed by atoms with Gasteiger partial charge in [-0.15, -0.1) is 0 Å². The number of rotatable bonds is 1. The summed E-state index contributed by atoms with van der Waals surface area (Å²) in [5.74, 6) is 0. The molecule has 2 N–H and O–H groups in total. The predicted octanol–water partition coefficient (Wildman–Crippen LogP) is 1.86. The zero-order valence-electron chi connectivity index (χ0n) is 10.2. The van der Waals surface area contributed by atoms with E-state index in [4.69, 9.17) is 10.5 Å². The van der Waals surface area contributed by atoms with E-state index in [9.17, 15) is 0 Å². The molecule has 2 aliphatic rings. The molecule has 0 saturated carbocycles. The Morgan fingerprint density at radius 2 is 1.60 bits per heavy atom. The number of nitrogens with two attached hydrogens (primary N) is 1. The van der Waals surface area contributed by atoms with Gasteiger partial charge in [0, 0.05) is 26.7 Å². The van der Waals surface area contributed by atoms with Crippen molar-refractivity contribution < 1.29 is 6.16 Å². The minimum absolute atomic E-state index is 0. The number of nitrogens with zero attached hydrogens (tertiary/aromatic N) is 1. The summed E-state index contributed by atoms with van der Waals surface area (Å²) in [5.41, 5.74) is 5.88. The van der Waals surface area contributed by atoms with Crippen LogP contribution in [0.25, 0.3) is 0 Å². The molecule has 2 rings (SSSR count). The fourth-order valence-electron chi connectivity index (χ4n) is 2.33. The highest BCUT2D eigenvalue weighted by Gasteiger charge is 2.24. The van der Waals surface area contributed by atoms with E-state index in [1.165, 1.54) is 38.8 Å². The van der Waals surface area contributed by atoms with Crippen molar-refractivity contribution in [1.82, 2.24) is 4.90 Å². The van der Waals surface area contributed by atoms with E-state index in [1.807, 2.05) is 13.8 Å². The lowest BCUT2D eigenvalue weighted by atomic mass is 10.0. The van der Waals surface area contributed by atoms with Crippen LogP contribution in [0.15, 0.2) is 0 Å². The molecule has 0 aromatic heterocycles. The summed E-state index contributed by atoms with van der Waals surface area (Å²) in [5, 5.41) is 0. The second-order valence-corrected chi connectivity index (χ2v) is 4.22. The van der Waals surface area contributed by atoms with Crippen LogP contribution in [-0.2, 0) is 4.74 Å². The Hall–Kier alpha value is -0.120. The topological polar surface area (TPSA) is 38.5 Å². The molecule has 0 aromatic carbocycles. The van der Waals surface area contributed by atoms with E-state index in [0.29, 0.717) is 6.04 Å². The van der Waals surface area contributed by atoms with Gasteiger partial charge in [-0.1, -0.05) is 13.8 Å². The van der Waals surface area contributed by atoms with Crippen molar-refractivity contribution in [3.05, 3.63) is 0 Å². The lowest BCUT2D eigenvalue weighted by molar-refractivity contribution is 0.0255. The van der Waals surface area contributed by atoms with Crippen LogP contribution >= 0.6 is 0 Å². The van der Waals surface area contributed by atoms with Gasteiger partial charge in [-0.05, 0) is 38.8 Å². The average Bonchev–Trinajstić information content (AvgIpc) is 2.34. The minimum atomic E-state index is 0. The molecule has 0 amide bonds. The maximum absolute atomic E-state index is 5.88. The number of hydrogen-bond acceptors (Lipinski definition) is 3. The summed E-state index contributed by atoms with van der Waals surface area (Å²) >= 11 is 0. The molecule has 0 radical (unpaired) electrons. The smallest absolute Gasteiger partial charge is 0.0480 e. The molecule has 0 aromatic rings. The third-order valence-corrected chi connectivity index (χ3v) is 3.28. The number of ether oxygens (including phenoxy) is 1. The normalized spacial score (nSPS) is 25.8. The van der Waals surface area contributed by atoms with E-state index in [-0.39, 0.29) is 1.43 Å². The van der Waals surface area contributed by atoms with E-state index in [1.54, 1.807) is 0 Å². The van der Waals surface area contributed by atoms with Crippen LogP contribution in [0.2, 0.25) is 0 Å². The highest BCUT2D eigenvalue weighted by Crippen LogP contribution is 2.18. The zero-order chi connectivity index (χ0) is 11.1. The van der Waals surface area contributed by atoms with Crippen LogP contribution in [0, 0.1) is 0 Å². The minimum Gasteiger partial charge on any atom is -0.381 e. The van der Waals surface area contributed by atoms with Gasteiger partial charge in [-0.3, -0.25) is 0 Å². The van der Waals surface area contributed by atoms with Gasteiger partial charge in [0.05, 0.1) is 0 Å². The number of likely N-dealkylation sites (tertiary alicyclic amines) is 1. The van der Waals surface area contributed by atoms with Crippen molar-refractivity contribution in [3.63, 3.8) is 0 Å². The first kappa shape index (κ1) is 12.9. The van der Waals surface area contributed by atoms with E-state index in [2.05, 4.69) is 4.90 Å². The molecule has 2 saturated heterocycles. The standard InChI is InChI=1S/C10H20N2O.C2H6.H2/c11-9-1-5-12(6-2-9)10-3-7-13-8-4-10;1-2;/h9-10H,1-8,11H2;1-2H3;1H. The second-order valence-electron chi connectivity index (χ2n) is 4.22. The molecule has 2 heterocycles. The predicted molar refractivity (Wildman–Crippen MR) is 66.1 cm³/mol. The molecule has 0 bridgehead atoms. The van der Waals surface area contributed by atoms with Gasteiger partial charge in [0.25, 0.3) is 0 Å². The largest absolute Gasteiger partial charge is 0.381 e. The van der Waals surface area contributed by atoms with Crippen molar-refractivity contribution in [3.8, 4) is 0 Å². The first-order valence-electron chi connectivity index (χ1n) is 6.43. The Kier molecular flexibility index (Phi) is 6.22. The second kappa shape index (κ2) is 7.20. The summed E-state index contributed by atoms with van der Waals surface area (Å²) < 4.78 is 5.36. The van der Waals surface area contributed by atoms with Gasteiger partial charge in [0.2, 0.25) is 0 Å². The van der Waals surface area contributed by atoms with Crippen LogP contribution in [-0.4, -0.2) is 43.3 Å². The highest BCUT2D eigenvalue weighted by atomic mass is 16.5. The first-order chi connectivity index (χ1) is 7.36. The van der Waals surface area contributed by atoms with Crippen LogP contribution in [0.1, 0.15) is 41.0 Å². The molecule has 2 aliphatic heterocycles. The molecular formula is C12H28N2O. The number of hydrogen-bond donors (Lipinski definition) is 1. The van der Waals surface area contributed by atoms with E-state index >= 15 is 0 Å². The summed E-state index contributed by atoms with van der Waals surface area (Å²) in [6.45, 7) is 8.30. The highest BCUT2D eigenvalue weighted by molar-refractivity contribution is 4.81. The molecule has 92 valence electrons. The van der Waals surface area contributed by atoms with Crippen molar-refractivity contribution in [2.75, 3.05) is 26.3 Å². The Morgan fingerprint density at radius 3 is 2.13 bits per heavy atom. The van der Waals surface area contributed by atoms with Crippen LogP contribution < -0.4 is 5.73 Å². The third-order valence-electron chi connectivity index (χ3n) is 3.28. The Balaban J connectivity index is 0.000000711. The van der Waals surface area contributed by atoms with Gasteiger partial charge in [-0.25, -0.2) is 0 Å². The Morgan fingerprint density at radius 1 is 1.07 bits per heavy atom. The summed E-state index contributed by atoms with van der Waals surface area (Å²) in [6.07, 6.45) is 4.79. The fraction of sp³-hybridized carbons (Fsp3) is 1.00. The fourth-order valence-corrected chi connectivity index (χ4v) is 2.33. The van der Waals surface area contributed by atoms with Crippen molar-refractivity contribution in [2.24, 2.45) is 5.73 Å². The molecule has 15 heavy (non-hydrogen) atoms. The van der Waals surface area contributed by atoms with Crippen molar-refractivity contribution >= 4 is 0 Å². The number of piperidine rings is 1.